The van der Waals surface area contributed by atoms with E-state index in [-0.39, 0.29) is 11.9 Å². The molecule has 1 amide bonds. The Labute approximate surface area is 107 Å². The van der Waals surface area contributed by atoms with Crippen molar-refractivity contribution in [1.82, 2.24) is 15.5 Å². The average molecular weight is 251 g/mol. The van der Waals surface area contributed by atoms with E-state index in [9.17, 15) is 9.90 Å². The summed E-state index contributed by atoms with van der Waals surface area (Å²) in [4.78, 5) is 12.0. The number of aliphatic hydroxyl groups excluding tert-OH is 1. The van der Waals surface area contributed by atoms with Crippen LogP contribution in [0.25, 0.3) is 0 Å². The second-order valence-corrected chi connectivity index (χ2v) is 5.12. The number of aromatic amines is 1. The number of aliphatic hydroxyl groups is 1. The molecule has 0 saturated heterocycles. The van der Waals surface area contributed by atoms with Gasteiger partial charge in [-0.2, -0.15) is 5.10 Å². The summed E-state index contributed by atoms with van der Waals surface area (Å²) < 4.78 is 0. The van der Waals surface area contributed by atoms with Gasteiger partial charge < -0.3 is 10.4 Å². The third-order valence-electron chi connectivity index (χ3n) is 3.69. The molecule has 0 unspecified atom stereocenters. The molecule has 1 aromatic rings. The molecule has 1 saturated carbocycles. The van der Waals surface area contributed by atoms with Crippen LogP contribution < -0.4 is 5.32 Å². The Kier molecular flexibility index (Phi) is 4.01. The van der Waals surface area contributed by atoms with Gasteiger partial charge in [-0.15, -0.1) is 0 Å². The topological polar surface area (TPSA) is 78.0 Å². The molecule has 0 aromatic carbocycles. The van der Waals surface area contributed by atoms with Crippen molar-refractivity contribution in [3.05, 3.63) is 17.0 Å². The Morgan fingerprint density at radius 1 is 1.44 bits per heavy atom. The smallest absolute Gasteiger partial charge is 0.224 e. The highest BCUT2D eigenvalue weighted by atomic mass is 16.3. The van der Waals surface area contributed by atoms with Crippen molar-refractivity contribution in [1.29, 1.82) is 0 Å². The van der Waals surface area contributed by atoms with Crippen molar-refractivity contribution in [2.75, 3.05) is 0 Å². The first-order valence-electron chi connectivity index (χ1n) is 6.56. The first kappa shape index (κ1) is 13.1. The van der Waals surface area contributed by atoms with Crippen LogP contribution in [0.3, 0.4) is 0 Å². The third kappa shape index (κ3) is 2.90. The van der Waals surface area contributed by atoms with Gasteiger partial charge in [0.2, 0.25) is 5.91 Å². The summed E-state index contributed by atoms with van der Waals surface area (Å²) in [6.45, 7) is 3.81. The number of amides is 1. The van der Waals surface area contributed by atoms with E-state index in [1.807, 2.05) is 13.8 Å². The maximum absolute atomic E-state index is 12.0. The van der Waals surface area contributed by atoms with E-state index in [1.54, 1.807) is 0 Å². The van der Waals surface area contributed by atoms with Crippen molar-refractivity contribution in [3.63, 3.8) is 0 Å². The van der Waals surface area contributed by atoms with E-state index < -0.39 is 6.10 Å². The summed E-state index contributed by atoms with van der Waals surface area (Å²) in [6.07, 6.45) is 3.72. The van der Waals surface area contributed by atoms with Crippen molar-refractivity contribution in [3.8, 4) is 0 Å². The largest absolute Gasteiger partial charge is 0.391 e. The zero-order valence-electron chi connectivity index (χ0n) is 11.0. The number of nitrogens with zero attached hydrogens (tertiary/aromatic N) is 1. The van der Waals surface area contributed by atoms with Crippen molar-refractivity contribution in [2.24, 2.45) is 0 Å². The van der Waals surface area contributed by atoms with Crippen LogP contribution in [-0.2, 0) is 11.2 Å². The van der Waals surface area contributed by atoms with Crippen molar-refractivity contribution in [2.45, 2.75) is 58.1 Å². The molecule has 5 nitrogen and oxygen atoms in total. The van der Waals surface area contributed by atoms with Crippen LogP contribution in [0.4, 0.5) is 0 Å². The Hall–Kier alpha value is -1.36. The lowest BCUT2D eigenvalue weighted by Gasteiger charge is -2.28. The molecule has 2 atom stereocenters. The molecule has 0 radical (unpaired) electrons. The molecule has 1 fully saturated rings. The summed E-state index contributed by atoms with van der Waals surface area (Å²) in [5.41, 5.74) is 2.76. The quantitative estimate of drug-likeness (QED) is 0.749. The van der Waals surface area contributed by atoms with Gasteiger partial charge in [-0.25, -0.2) is 0 Å². The maximum atomic E-state index is 12.0. The molecule has 2 rings (SSSR count). The standard InChI is InChI=1S/C13H21N3O2/c1-8-10(9(2)16-15-8)7-13(18)14-11-5-3-4-6-12(11)17/h11-12,17H,3-7H2,1-2H3,(H,14,18)(H,15,16)/t11-,12-/m0/s1. The summed E-state index contributed by atoms with van der Waals surface area (Å²) in [5, 5.41) is 19.7. The van der Waals surface area contributed by atoms with Gasteiger partial charge in [0.25, 0.3) is 0 Å². The van der Waals surface area contributed by atoms with Crippen LogP contribution in [0, 0.1) is 13.8 Å². The molecule has 1 aliphatic rings. The summed E-state index contributed by atoms with van der Waals surface area (Å²) >= 11 is 0. The predicted molar refractivity (Wildman–Crippen MR) is 68.2 cm³/mol. The number of H-pyrrole nitrogens is 1. The van der Waals surface area contributed by atoms with E-state index in [0.717, 1.165) is 42.6 Å². The summed E-state index contributed by atoms with van der Waals surface area (Å²) in [7, 11) is 0. The molecule has 100 valence electrons. The number of aryl methyl sites for hydroxylation is 2. The molecular formula is C13H21N3O2. The minimum Gasteiger partial charge on any atom is -0.391 e. The monoisotopic (exact) mass is 251 g/mol. The minimum absolute atomic E-state index is 0.0337. The highest BCUT2D eigenvalue weighted by Gasteiger charge is 2.24. The number of rotatable bonds is 3. The minimum atomic E-state index is -0.394. The van der Waals surface area contributed by atoms with Gasteiger partial charge in [0.15, 0.2) is 0 Å². The lowest BCUT2D eigenvalue weighted by molar-refractivity contribution is -0.122. The van der Waals surface area contributed by atoms with Gasteiger partial charge in [-0.05, 0) is 26.7 Å². The Morgan fingerprint density at radius 3 is 2.78 bits per heavy atom. The van der Waals surface area contributed by atoms with E-state index in [0.29, 0.717) is 6.42 Å². The van der Waals surface area contributed by atoms with Gasteiger partial charge in [-0.3, -0.25) is 9.89 Å². The number of carbonyl (C=O) groups is 1. The van der Waals surface area contributed by atoms with Gasteiger partial charge in [0.05, 0.1) is 24.3 Å². The Morgan fingerprint density at radius 2 is 2.17 bits per heavy atom. The highest BCUT2D eigenvalue weighted by Crippen LogP contribution is 2.18. The molecule has 18 heavy (non-hydrogen) atoms. The van der Waals surface area contributed by atoms with Crippen LogP contribution in [0.15, 0.2) is 0 Å². The van der Waals surface area contributed by atoms with Crippen molar-refractivity contribution < 1.29 is 9.90 Å². The molecule has 1 heterocycles. The zero-order chi connectivity index (χ0) is 13.1. The molecule has 0 bridgehead atoms. The Balaban J connectivity index is 1.92. The number of aromatic nitrogens is 2. The summed E-state index contributed by atoms with van der Waals surface area (Å²) in [6, 6.07) is -0.0845. The lowest BCUT2D eigenvalue weighted by atomic mass is 9.92. The van der Waals surface area contributed by atoms with Crippen LogP contribution in [0.1, 0.15) is 42.6 Å². The number of hydrogen-bond acceptors (Lipinski definition) is 3. The van der Waals surface area contributed by atoms with E-state index in [2.05, 4.69) is 15.5 Å². The van der Waals surface area contributed by atoms with Crippen molar-refractivity contribution >= 4 is 5.91 Å². The molecule has 0 spiro atoms. The lowest BCUT2D eigenvalue weighted by Crippen LogP contribution is -2.45. The molecule has 1 aliphatic carbocycles. The van der Waals surface area contributed by atoms with E-state index in [4.69, 9.17) is 0 Å². The fourth-order valence-electron chi connectivity index (χ4n) is 2.53. The van der Waals surface area contributed by atoms with Crippen LogP contribution >= 0.6 is 0 Å². The van der Waals surface area contributed by atoms with E-state index >= 15 is 0 Å². The second-order valence-electron chi connectivity index (χ2n) is 5.12. The van der Waals surface area contributed by atoms with Crippen LogP contribution in [0.2, 0.25) is 0 Å². The molecule has 5 heteroatoms. The molecule has 1 aromatic heterocycles. The average Bonchev–Trinajstić information content (AvgIpc) is 2.64. The molecular weight excluding hydrogens is 230 g/mol. The van der Waals surface area contributed by atoms with Crippen LogP contribution in [0.5, 0.6) is 0 Å². The van der Waals surface area contributed by atoms with E-state index in [1.165, 1.54) is 0 Å². The fraction of sp³-hybridized carbons (Fsp3) is 0.692. The first-order valence-corrected chi connectivity index (χ1v) is 6.56. The summed E-state index contributed by atoms with van der Waals surface area (Å²) in [5.74, 6) is -0.0337. The second kappa shape index (κ2) is 5.52. The predicted octanol–water partition coefficient (Wildman–Crippen LogP) is 0.989. The first-order chi connectivity index (χ1) is 8.58. The molecule has 0 aliphatic heterocycles. The van der Waals surface area contributed by atoms with Gasteiger partial charge in [0, 0.05) is 11.3 Å². The fourth-order valence-corrected chi connectivity index (χ4v) is 2.53. The number of carbonyl (C=O) groups excluding carboxylic acids is 1. The van der Waals surface area contributed by atoms with Gasteiger partial charge in [-0.1, -0.05) is 12.8 Å². The maximum Gasteiger partial charge on any atom is 0.224 e. The van der Waals surface area contributed by atoms with Gasteiger partial charge in [0.1, 0.15) is 0 Å². The zero-order valence-corrected chi connectivity index (χ0v) is 11.0. The number of hydrogen-bond donors (Lipinski definition) is 3. The normalized spacial score (nSPS) is 23.9. The van der Waals surface area contributed by atoms with Gasteiger partial charge >= 0.3 is 0 Å². The van der Waals surface area contributed by atoms with Crippen LogP contribution in [-0.4, -0.2) is 33.4 Å². The highest BCUT2D eigenvalue weighted by molar-refractivity contribution is 5.79. The molecule has 3 N–H and O–H groups in total. The SMILES string of the molecule is Cc1n[nH]c(C)c1CC(=O)N[C@H]1CCCC[C@@H]1O. The Bertz CT molecular complexity index is 408. The third-order valence-corrected chi connectivity index (χ3v) is 3.69. The number of nitrogens with one attached hydrogen (secondary N) is 2.